The van der Waals surface area contributed by atoms with E-state index < -0.39 is 5.97 Å². The van der Waals surface area contributed by atoms with Crippen molar-refractivity contribution >= 4 is 11.9 Å². The lowest BCUT2D eigenvalue weighted by Crippen LogP contribution is -2.51. The number of carboxylic acid groups (broad SMARTS) is 1. The summed E-state index contributed by atoms with van der Waals surface area (Å²) in [5.74, 6) is -1.31. The van der Waals surface area contributed by atoms with Crippen LogP contribution in [0.3, 0.4) is 0 Å². The van der Waals surface area contributed by atoms with Gasteiger partial charge >= 0.3 is 5.97 Å². The fourth-order valence-electron chi connectivity index (χ4n) is 6.00. The molecule has 0 aromatic heterocycles. The van der Waals surface area contributed by atoms with Gasteiger partial charge in [-0.25, -0.2) is 4.39 Å². The van der Waals surface area contributed by atoms with Gasteiger partial charge in [0, 0.05) is 17.4 Å². The summed E-state index contributed by atoms with van der Waals surface area (Å²) in [4.78, 5) is 23.9. The van der Waals surface area contributed by atoms with Crippen LogP contribution in [0.5, 0.6) is 0 Å². The average Bonchev–Trinajstić information content (AvgIpc) is 3.50. The average molecular weight is 514 g/mol. The number of fused-ring (bicyclic) bond motifs is 2. The lowest BCUT2D eigenvalue weighted by atomic mass is 9.70. The highest BCUT2D eigenvalue weighted by atomic mass is 19.1. The van der Waals surface area contributed by atoms with Crippen molar-refractivity contribution in [1.82, 2.24) is 5.32 Å². The molecular formula is C32H32FNO4. The van der Waals surface area contributed by atoms with E-state index in [2.05, 4.69) is 47.8 Å². The standard InChI is InChI=1S/C32H32FNO4/c33-26-18-14-24(15-19-26)31(37)34-30-27(10-6-1-2-7-11-29(35)36)32(20-28(30)38-21-32)25-16-12-23(13-17-25)22-8-4-3-5-9-22/h1,3-6,8-9,12-19,27-28,30H,2,7,10-11,20-21H2,(H,34,37)(H,35,36)/t27-,28-,30-,32-/m0/s1. The van der Waals surface area contributed by atoms with E-state index in [0.717, 1.165) is 24.0 Å². The smallest absolute Gasteiger partial charge is 0.303 e. The van der Waals surface area contributed by atoms with E-state index in [-0.39, 0.29) is 41.6 Å². The molecule has 1 amide bonds. The number of hydrogen-bond donors (Lipinski definition) is 2. The molecule has 5 nitrogen and oxygen atoms in total. The van der Waals surface area contributed by atoms with Crippen molar-refractivity contribution in [3.8, 4) is 11.1 Å². The predicted molar refractivity (Wildman–Crippen MR) is 144 cm³/mol. The second kappa shape index (κ2) is 11.3. The van der Waals surface area contributed by atoms with Crippen LogP contribution in [0, 0.1) is 11.7 Å². The molecular weight excluding hydrogens is 481 g/mol. The maximum atomic E-state index is 13.4. The molecule has 38 heavy (non-hydrogen) atoms. The molecule has 2 fully saturated rings. The summed E-state index contributed by atoms with van der Waals surface area (Å²) in [5, 5.41) is 12.1. The molecule has 1 aliphatic heterocycles. The molecule has 2 aliphatic rings. The number of carbonyl (C=O) groups excluding carboxylic acids is 1. The Labute approximate surface area is 222 Å². The van der Waals surface area contributed by atoms with Crippen molar-refractivity contribution in [2.24, 2.45) is 5.92 Å². The van der Waals surface area contributed by atoms with Crippen LogP contribution in [0.15, 0.2) is 91.0 Å². The zero-order valence-electron chi connectivity index (χ0n) is 21.2. The van der Waals surface area contributed by atoms with Crippen LogP contribution in [0.25, 0.3) is 11.1 Å². The van der Waals surface area contributed by atoms with E-state index in [1.165, 1.54) is 29.8 Å². The minimum Gasteiger partial charge on any atom is -0.481 e. The number of amides is 1. The van der Waals surface area contributed by atoms with E-state index in [9.17, 15) is 14.0 Å². The Balaban J connectivity index is 1.39. The van der Waals surface area contributed by atoms with Gasteiger partial charge in [-0.05, 0) is 72.6 Å². The predicted octanol–water partition coefficient (Wildman–Crippen LogP) is 6.15. The van der Waals surface area contributed by atoms with Crippen LogP contribution in [0.2, 0.25) is 0 Å². The van der Waals surface area contributed by atoms with Crippen LogP contribution in [0.1, 0.15) is 48.0 Å². The zero-order valence-corrected chi connectivity index (χ0v) is 21.2. The molecule has 3 aromatic carbocycles. The second-order valence-corrected chi connectivity index (χ2v) is 10.3. The molecule has 0 spiro atoms. The van der Waals surface area contributed by atoms with Gasteiger partial charge in [-0.2, -0.15) is 0 Å². The minimum atomic E-state index is -0.787. The van der Waals surface area contributed by atoms with E-state index in [1.54, 1.807) is 0 Å². The Hall–Kier alpha value is -3.77. The third-order valence-electron chi connectivity index (χ3n) is 7.95. The Morgan fingerprint density at radius 3 is 2.39 bits per heavy atom. The maximum Gasteiger partial charge on any atom is 0.303 e. The molecule has 5 rings (SSSR count). The van der Waals surface area contributed by atoms with Crippen LogP contribution in [0.4, 0.5) is 4.39 Å². The number of rotatable bonds is 10. The van der Waals surface area contributed by atoms with Crippen molar-refractivity contribution in [1.29, 1.82) is 0 Å². The third-order valence-corrected chi connectivity index (χ3v) is 7.95. The molecule has 0 radical (unpaired) electrons. The SMILES string of the molecule is O=C(O)CCCC=CC[C@H]1[C@H](NC(=O)c2ccc(F)cc2)[C@@H]2C[C@@]1(c1ccc(-c3ccccc3)cc1)CO2. The van der Waals surface area contributed by atoms with Gasteiger partial charge in [0.1, 0.15) is 5.82 Å². The number of allylic oxidation sites excluding steroid dienone is 2. The summed E-state index contributed by atoms with van der Waals surface area (Å²) in [5.41, 5.74) is 3.68. The summed E-state index contributed by atoms with van der Waals surface area (Å²) in [7, 11) is 0. The number of carboxylic acids is 1. The van der Waals surface area contributed by atoms with Gasteiger partial charge in [0.2, 0.25) is 0 Å². The third kappa shape index (κ3) is 5.41. The van der Waals surface area contributed by atoms with Gasteiger partial charge in [-0.3, -0.25) is 9.59 Å². The monoisotopic (exact) mass is 513 g/mol. The minimum absolute atomic E-state index is 0.101. The van der Waals surface area contributed by atoms with Crippen molar-refractivity contribution in [3.05, 3.63) is 108 Å². The molecule has 2 bridgehead atoms. The second-order valence-electron chi connectivity index (χ2n) is 10.3. The fourth-order valence-corrected chi connectivity index (χ4v) is 6.00. The Bertz CT molecular complexity index is 1290. The first-order valence-corrected chi connectivity index (χ1v) is 13.2. The molecule has 196 valence electrons. The summed E-state index contributed by atoms with van der Waals surface area (Å²) >= 11 is 0. The highest BCUT2D eigenvalue weighted by molar-refractivity contribution is 5.94. The van der Waals surface area contributed by atoms with Gasteiger partial charge in [-0.1, -0.05) is 66.7 Å². The van der Waals surface area contributed by atoms with Gasteiger partial charge in [0.15, 0.2) is 0 Å². The molecule has 3 aromatic rings. The first kappa shape index (κ1) is 25.9. The molecule has 6 heteroatoms. The topological polar surface area (TPSA) is 75.6 Å². The number of halogens is 1. The summed E-state index contributed by atoms with van der Waals surface area (Å²) in [6.07, 6.45) is 7.04. The molecule has 2 N–H and O–H groups in total. The number of unbranched alkanes of at least 4 members (excludes halogenated alkanes) is 1. The lowest BCUT2D eigenvalue weighted by Gasteiger charge is -2.39. The summed E-state index contributed by atoms with van der Waals surface area (Å²) < 4.78 is 19.6. The van der Waals surface area contributed by atoms with Gasteiger partial charge in [-0.15, -0.1) is 0 Å². The van der Waals surface area contributed by atoms with Crippen molar-refractivity contribution < 1.29 is 23.8 Å². The first-order valence-electron chi connectivity index (χ1n) is 13.2. The molecule has 1 saturated carbocycles. The van der Waals surface area contributed by atoms with Crippen molar-refractivity contribution in [2.45, 2.75) is 49.7 Å². The van der Waals surface area contributed by atoms with Gasteiger partial charge < -0.3 is 15.2 Å². The number of aliphatic carboxylic acids is 1. The highest BCUT2D eigenvalue weighted by Crippen LogP contribution is 2.54. The van der Waals surface area contributed by atoms with Crippen LogP contribution < -0.4 is 5.32 Å². The van der Waals surface area contributed by atoms with E-state index in [1.807, 2.05) is 24.3 Å². The quantitative estimate of drug-likeness (QED) is 0.252. The zero-order chi connectivity index (χ0) is 26.5. The largest absolute Gasteiger partial charge is 0.481 e. The normalized spacial score (nSPS) is 24.1. The van der Waals surface area contributed by atoms with Crippen molar-refractivity contribution in [2.75, 3.05) is 6.61 Å². The molecule has 0 unspecified atom stereocenters. The first-order chi connectivity index (χ1) is 18.5. The highest BCUT2D eigenvalue weighted by Gasteiger charge is 2.59. The van der Waals surface area contributed by atoms with Crippen LogP contribution >= 0.6 is 0 Å². The van der Waals surface area contributed by atoms with Gasteiger partial charge in [0.05, 0.1) is 18.8 Å². The number of benzene rings is 3. The molecule has 1 heterocycles. The molecule has 1 saturated heterocycles. The lowest BCUT2D eigenvalue weighted by molar-refractivity contribution is -0.137. The van der Waals surface area contributed by atoms with E-state index in [0.29, 0.717) is 25.0 Å². The van der Waals surface area contributed by atoms with Crippen LogP contribution in [-0.2, 0) is 14.9 Å². The van der Waals surface area contributed by atoms with Crippen LogP contribution in [-0.4, -0.2) is 35.7 Å². The Morgan fingerprint density at radius 2 is 1.68 bits per heavy atom. The number of carbonyl (C=O) groups is 2. The summed E-state index contributed by atoms with van der Waals surface area (Å²) in [6, 6.07) is 24.3. The molecule has 4 atom stereocenters. The van der Waals surface area contributed by atoms with E-state index >= 15 is 0 Å². The maximum absolute atomic E-state index is 13.4. The van der Waals surface area contributed by atoms with E-state index in [4.69, 9.17) is 9.84 Å². The number of hydrogen-bond acceptors (Lipinski definition) is 3. The van der Waals surface area contributed by atoms with Gasteiger partial charge in [0.25, 0.3) is 5.91 Å². The fraction of sp³-hybridized carbons (Fsp3) is 0.312. The molecule has 1 aliphatic carbocycles. The number of ether oxygens (including phenoxy) is 1. The Morgan fingerprint density at radius 1 is 0.974 bits per heavy atom. The van der Waals surface area contributed by atoms with Crippen molar-refractivity contribution in [3.63, 3.8) is 0 Å². The summed E-state index contributed by atoms with van der Waals surface area (Å²) in [6.45, 7) is 0.586. The number of nitrogens with one attached hydrogen (secondary N) is 1. The Kier molecular flexibility index (Phi) is 7.70.